The zero-order valence-corrected chi connectivity index (χ0v) is 14.7. The van der Waals surface area contributed by atoms with E-state index in [0.29, 0.717) is 0 Å². The molecule has 0 bridgehead atoms. The van der Waals surface area contributed by atoms with E-state index in [1.165, 1.54) is 22.6 Å². The van der Waals surface area contributed by atoms with E-state index >= 15 is 0 Å². The third-order valence-electron chi connectivity index (χ3n) is 4.20. The molecule has 6 nitrogen and oxygen atoms in total. The molecule has 0 aliphatic heterocycles. The maximum Gasteiger partial charge on any atom is 0.0629 e. The molecule has 0 unspecified atom stereocenters. The van der Waals surface area contributed by atoms with E-state index in [1.54, 1.807) is 0 Å². The van der Waals surface area contributed by atoms with Crippen LogP contribution in [0.2, 0.25) is 0 Å². The number of aryl methyl sites for hydroxylation is 3. The summed E-state index contributed by atoms with van der Waals surface area (Å²) in [5.74, 6) is 1.34. The predicted octanol–water partition coefficient (Wildman–Crippen LogP) is 2.95. The van der Waals surface area contributed by atoms with E-state index in [1.807, 2.05) is 34.9 Å². The molecule has 1 radical (unpaired) electrons. The van der Waals surface area contributed by atoms with Crippen LogP contribution in [-0.2, 0) is 25.9 Å². The fourth-order valence-corrected chi connectivity index (χ4v) is 2.98. The monoisotopic (exact) mass is 325 g/mol. The van der Waals surface area contributed by atoms with Gasteiger partial charge in [0.25, 0.3) is 0 Å². The standard InChI is InChI=1S/C18H25N6/c1-4-6-24-13-16(10-21-24)8-17(18-11-19-22-14(18)3)7-15-9-20-23(5-2)12-15/h9-13H,4-8H2,1-3H3,(H,19,22). The Morgan fingerprint density at radius 1 is 1.04 bits per heavy atom. The Kier molecular flexibility index (Phi) is 5.13. The van der Waals surface area contributed by atoms with Gasteiger partial charge >= 0.3 is 0 Å². The highest BCUT2D eigenvalue weighted by Crippen LogP contribution is 2.25. The van der Waals surface area contributed by atoms with Gasteiger partial charge < -0.3 is 0 Å². The predicted molar refractivity (Wildman–Crippen MR) is 93.5 cm³/mol. The Morgan fingerprint density at radius 3 is 2.25 bits per heavy atom. The van der Waals surface area contributed by atoms with E-state index in [9.17, 15) is 0 Å². The summed E-state index contributed by atoms with van der Waals surface area (Å²) in [5.41, 5.74) is 4.70. The first kappa shape index (κ1) is 16.5. The Bertz CT molecular complexity index is 766. The van der Waals surface area contributed by atoms with Crippen molar-refractivity contribution >= 4 is 0 Å². The van der Waals surface area contributed by atoms with Crippen LogP contribution in [0, 0.1) is 12.8 Å². The Morgan fingerprint density at radius 2 is 1.71 bits per heavy atom. The van der Waals surface area contributed by atoms with E-state index in [0.717, 1.165) is 38.0 Å². The molecule has 0 atom stereocenters. The summed E-state index contributed by atoms with van der Waals surface area (Å²) < 4.78 is 3.98. The van der Waals surface area contributed by atoms with Crippen molar-refractivity contribution in [3.05, 3.63) is 59.3 Å². The largest absolute Gasteiger partial charge is 0.285 e. The van der Waals surface area contributed by atoms with Crippen molar-refractivity contribution in [2.45, 2.75) is 53.1 Å². The van der Waals surface area contributed by atoms with Crippen LogP contribution in [-0.4, -0.2) is 29.8 Å². The molecule has 3 aromatic rings. The van der Waals surface area contributed by atoms with Gasteiger partial charge in [-0.1, -0.05) is 6.92 Å². The maximum atomic E-state index is 4.45. The summed E-state index contributed by atoms with van der Waals surface area (Å²) in [4.78, 5) is 0. The molecule has 0 aromatic carbocycles. The highest BCUT2D eigenvalue weighted by Gasteiger charge is 2.19. The lowest BCUT2D eigenvalue weighted by Crippen LogP contribution is -2.08. The second-order valence-corrected chi connectivity index (χ2v) is 6.16. The Labute approximate surface area is 142 Å². The van der Waals surface area contributed by atoms with Crippen molar-refractivity contribution in [3.63, 3.8) is 0 Å². The SMILES string of the molecule is CCCn1cc(C[C](Cc2cnn(CC)c2)c2c[nH]nc2C)cn1. The van der Waals surface area contributed by atoms with Crippen LogP contribution in [0.1, 0.15) is 42.7 Å². The molecule has 24 heavy (non-hydrogen) atoms. The number of aromatic amines is 1. The third kappa shape index (κ3) is 3.75. The average Bonchev–Trinajstić information content (AvgIpc) is 3.29. The number of aromatic nitrogens is 6. The van der Waals surface area contributed by atoms with Crippen LogP contribution >= 0.6 is 0 Å². The van der Waals surface area contributed by atoms with Gasteiger partial charge in [0.2, 0.25) is 0 Å². The van der Waals surface area contributed by atoms with Crippen molar-refractivity contribution in [3.8, 4) is 0 Å². The molecule has 3 rings (SSSR count). The summed E-state index contributed by atoms with van der Waals surface area (Å²) >= 11 is 0. The maximum absolute atomic E-state index is 4.45. The first-order chi connectivity index (χ1) is 11.7. The van der Waals surface area contributed by atoms with Crippen LogP contribution in [0.25, 0.3) is 0 Å². The number of hydrogen-bond acceptors (Lipinski definition) is 3. The molecule has 0 aliphatic rings. The van der Waals surface area contributed by atoms with Gasteiger partial charge in [-0.25, -0.2) is 0 Å². The zero-order valence-electron chi connectivity index (χ0n) is 14.7. The number of nitrogens with one attached hydrogen (secondary N) is 1. The van der Waals surface area contributed by atoms with Crippen molar-refractivity contribution in [1.82, 2.24) is 29.8 Å². The van der Waals surface area contributed by atoms with Crippen LogP contribution in [0.5, 0.6) is 0 Å². The van der Waals surface area contributed by atoms with Crippen LogP contribution in [0.3, 0.4) is 0 Å². The van der Waals surface area contributed by atoms with E-state index < -0.39 is 0 Å². The van der Waals surface area contributed by atoms with Gasteiger partial charge in [0.15, 0.2) is 0 Å². The highest BCUT2D eigenvalue weighted by atomic mass is 15.3. The molecule has 6 heteroatoms. The summed E-state index contributed by atoms with van der Waals surface area (Å²) in [7, 11) is 0. The summed E-state index contributed by atoms with van der Waals surface area (Å²) in [6, 6.07) is 0. The molecule has 3 aromatic heterocycles. The van der Waals surface area contributed by atoms with Crippen LogP contribution in [0.4, 0.5) is 0 Å². The molecule has 3 heterocycles. The molecule has 0 saturated heterocycles. The summed E-state index contributed by atoms with van der Waals surface area (Å²) in [6.07, 6.45) is 13.0. The first-order valence-electron chi connectivity index (χ1n) is 8.57. The quantitative estimate of drug-likeness (QED) is 0.692. The topological polar surface area (TPSA) is 64.3 Å². The lowest BCUT2D eigenvalue weighted by molar-refractivity contribution is 0.602. The molecule has 0 aliphatic carbocycles. The van der Waals surface area contributed by atoms with Gasteiger partial charge in [-0.05, 0) is 44.2 Å². The molecular weight excluding hydrogens is 300 g/mol. The minimum absolute atomic E-state index is 0.874. The summed E-state index contributed by atoms with van der Waals surface area (Å²) in [5, 5.41) is 16.1. The van der Waals surface area contributed by atoms with Gasteiger partial charge in [0.1, 0.15) is 0 Å². The average molecular weight is 325 g/mol. The molecule has 0 spiro atoms. The fourth-order valence-electron chi connectivity index (χ4n) is 2.98. The molecular formula is C18H25N6. The lowest BCUT2D eigenvalue weighted by Gasteiger charge is -2.14. The van der Waals surface area contributed by atoms with Gasteiger partial charge in [-0.15, -0.1) is 0 Å². The minimum atomic E-state index is 0.874. The van der Waals surface area contributed by atoms with Crippen LogP contribution in [0.15, 0.2) is 31.0 Å². The minimum Gasteiger partial charge on any atom is -0.285 e. The molecule has 1 N–H and O–H groups in total. The summed E-state index contributed by atoms with van der Waals surface area (Å²) in [6.45, 7) is 8.16. The fraction of sp³-hybridized carbons (Fsp3) is 0.444. The number of hydrogen-bond donors (Lipinski definition) is 1. The number of rotatable bonds is 8. The van der Waals surface area contributed by atoms with Crippen molar-refractivity contribution in [1.29, 1.82) is 0 Å². The van der Waals surface area contributed by atoms with Crippen molar-refractivity contribution in [2.24, 2.45) is 0 Å². The van der Waals surface area contributed by atoms with E-state index in [2.05, 4.69) is 46.6 Å². The van der Waals surface area contributed by atoms with E-state index in [-0.39, 0.29) is 0 Å². The first-order valence-corrected chi connectivity index (χ1v) is 8.57. The molecule has 127 valence electrons. The Balaban J connectivity index is 1.80. The van der Waals surface area contributed by atoms with E-state index in [4.69, 9.17) is 0 Å². The molecule has 0 fully saturated rings. The smallest absolute Gasteiger partial charge is 0.0629 e. The van der Waals surface area contributed by atoms with Crippen LogP contribution < -0.4 is 0 Å². The second kappa shape index (κ2) is 7.47. The Hall–Kier alpha value is -2.37. The van der Waals surface area contributed by atoms with Crippen molar-refractivity contribution in [2.75, 3.05) is 0 Å². The normalized spacial score (nSPS) is 11.5. The van der Waals surface area contributed by atoms with Gasteiger partial charge in [-0.3, -0.25) is 14.5 Å². The van der Waals surface area contributed by atoms with Crippen molar-refractivity contribution < 1.29 is 0 Å². The zero-order chi connectivity index (χ0) is 16.9. The third-order valence-corrected chi connectivity index (χ3v) is 4.20. The molecule has 0 amide bonds. The number of nitrogens with zero attached hydrogens (tertiary/aromatic N) is 5. The second-order valence-electron chi connectivity index (χ2n) is 6.16. The lowest BCUT2D eigenvalue weighted by atomic mass is 9.88. The highest BCUT2D eigenvalue weighted by molar-refractivity contribution is 5.37. The number of H-pyrrole nitrogens is 1. The molecule has 0 saturated carbocycles. The van der Waals surface area contributed by atoms with Gasteiger partial charge in [-0.2, -0.15) is 15.3 Å². The van der Waals surface area contributed by atoms with Gasteiger partial charge in [0.05, 0.1) is 18.1 Å². The van der Waals surface area contributed by atoms with Gasteiger partial charge in [0, 0.05) is 43.2 Å².